The third kappa shape index (κ3) is 2.01. The molecule has 5 heteroatoms. The standard InChI is InChI=1S/C17H20N4S/c1-16(2,13-7-6-12(10-18)22-13)14-19-20-15(17(3)8-9-17)21(14)11-4-5-11/h6-7,11H,4-5,8-9H2,1-3H3. The lowest BCUT2D eigenvalue weighted by molar-refractivity contribution is 0.519. The number of thiophene rings is 1. The Morgan fingerprint density at radius 2 is 2.05 bits per heavy atom. The Morgan fingerprint density at radius 1 is 1.32 bits per heavy atom. The van der Waals surface area contributed by atoms with Crippen LogP contribution in [0.4, 0.5) is 0 Å². The maximum absolute atomic E-state index is 9.09. The molecule has 22 heavy (non-hydrogen) atoms. The molecule has 0 bridgehead atoms. The molecule has 0 aliphatic heterocycles. The molecule has 2 aliphatic rings. The fourth-order valence-corrected chi connectivity index (χ4v) is 3.96. The quantitative estimate of drug-likeness (QED) is 0.859. The number of rotatable bonds is 4. The SMILES string of the molecule is CC1(c2nnc(C(C)(C)c3ccc(C#N)s3)n2C2CC2)CC1. The third-order valence-electron chi connectivity index (χ3n) is 5.04. The van der Waals surface area contributed by atoms with E-state index in [-0.39, 0.29) is 10.8 Å². The fourth-order valence-electron chi connectivity index (χ4n) is 3.06. The van der Waals surface area contributed by atoms with Gasteiger partial charge in [-0.15, -0.1) is 21.5 Å². The molecule has 0 spiro atoms. The van der Waals surface area contributed by atoms with Gasteiger partial charge in [-0.1, -0.05) is 6.92 Å². The average molecular weight is 312 g/mol. The molecule has 0 aromatic carbocycles. The lowest BCUT2D eigenvalue weighted by Gasteiger charge is -2.24. The Bertz CT molecular complexity index is 769. The summed E-state index contributed by atoms with van der Waals surface area (Å²) in [5.74, 6) is 2.24. The predicted octanol–water partition coefficient (Wildman–Crippen LogP) is 3.92. The first-order valence-electron chi connectivity index (χ1n) is 7.92. The monoisotopic (exact) mass is 312 g/mol. The van der Waals surface area contributed by atoms with Gasteiger partial charge < -0.3 is 4.57 Å². The second-order valence-electron chi connectivity index (χ2n) is 7.41. The van der Waals surface area contributed by atoms with Crippen molar-refractivity contribution in [3.05, 3.63) is 33.5 Å². The molecule has 2 heterocycles. The van der Waals surface area contributed by atoms with Crippen LogP contribution in [0.3, 0.4) is 0 Å². The maximum atomic E-state index is 9.09. The fraction of sp³-hybridized carbons (Fsp3) is 0.588. The van der Waals surface area contributed by atoms with Crippen molar-refractivity contribution in [3.63, 3.8) is 0 Å². The van der Waals surface area contributed by atoms with Crippen molar-refractivity contribution in [1.82, 2.24) is 14.8 Å². The summed E-state index contributed by atoms with van der Waals surface area (Å²) in [7, 11) is 0. The molecule has 2 saturated carbocycles. The average Bonchev–Trinajstić information content (AvgIpc) is 3.36. The van der Waals surface area contributed by atoms with E-state index in [9.17, 15) is 0 Å². The van der Waals surface area contributed by atoms with Crippen LogP contribution in [0.2, 0.25) is 0 Å². The van der Waals surface area contributed by atoms with Crippen molar-refractivity contribution < 1.29 is 0 Å². The molecule has 0 atom stereocenters. The maximum Gasteiger partial charge on any atom is 0.144 e. The van der Waals surface area contributed by atoms with Crippen molar-refractivity contribution in [3.8, 4) is 6.07 Å². The van der Waals surface area contributed by atoms with Crippen LogP contribution in [0.25, 0.3) is 0 Å². The molecule has 4 rings (SSSR count). The normalized spacial score (nSPS) is 19.9. The molecule has 0 radical (unpaired) electrons. The zero-order chi connectivity index (χ0) is 15.5. The second-order valence-corrected chi connectivity index (χ2v) is 8.49. The zero-order valence-electron chi connectivity index (χ0n) is 13.3. The van der Waals surface area contributed by atoms with Gasteiger partial charge in [0, 0.05) is 16.3 Å². The number of hydrogen-bond donors (Lipinski definition) is 0. The van der Waals surface area contributed by atoms with Gasteiger partial charge in [-0.2, -0.15) is 5.26 Å². The van der Waals surface area contributed by atoms with Gasteiger partial charge in [0.25, 0.3) is 0 Å². The number of nitrogens with zero attached hydrogens (tertiary/aromatic N) is 4. The zero-order valence-corrected chi connectivity index (χ0v) is 14.1. The highest BCUT2D eigenvalue weighted by atomic mass is 32.1. The van der Waals surface area contributed by atoms with Gasteiger partial charge in [0.2, 0.25) is 0 Å². The number of aromatic nitrogens is 3. The van der Waals surface area contributed by atoms with Gasteiger partial charge >= 0.3 is 0 Å². The van der Waals surface area contributed by atoms with Gasteiger partial charge in [0.1, 0.15) is 22.6 Å². The van der Waals surface area contributed by atoms with Crippen LogP contribution < -0.4 is 0 Å². The highest BCUT2D eigenvalue weighted by Crippen LogP contribution is 2.51. The minimum atomic E-state index is -0.209. The Balaban J connectivity index is 1.81. The smallest absolute Gasteiger partial charge is 0.144 e. The van der Waals surface area contributed by atoms with Crippen LogP contribution in [-0.2, 0) is 10.8 Å². The second kappa shape index (κ2) is 4.42. The Labute approximate surface area is 134 Å². The molecule has 2 aromatic rings. The molecule has 0 N–H and O–H groups in total. The first-order valence-corrected chi connectivity index (χ1v) is 8.74. The van der Waals surface area contributed by atoms with Crippen molar-refractivity contribution in [1.29, 1.82) is 5.26 Å². The van der Waals surface area contributed by atoms with Crippen molar-refractivity contribution in [2.24, 2.45) is 0 Å². The number of hydrogen-bond acceptors (Lipinski definition) is 4. The molecule has 2 fully saturated rings. The van der Waals surface area contributed by atoms with Crippen LogP contribution >= 0.6 is 11.3 Å². The van der Waals surface area contributed by atoms with E-state index in [1.54, 1.807) is 11.3 Å². The van der Waals surface area contributed by atoms with Crippen LogP contribution in [-0.4, -0.2) is 14.8 Å². The molecular formula is C17H20N4S. The lowest BCUT2D eigenvalue weighted by Crippen LogP contribution is -2.25. The first kappa shape index (κ1) is 14.0. The summed E-state index contributed by atoms with van der Waals surface area (Å²) in [6.07, 6.45) is 4.90. The Hall–Kier alpha value is -1.67. The molecule has 0 amide bonds. The summed E-state index contributed by atoms with van der Waals surface area (Å²) in [5.41, 5.74) is 0.0239. The van der Waals surface area contributed by atoms with E-state index in [4.69, 9.17) is 5.26 Å². The van der Waals surface area contributed by atoms with E-state index in [1.165, 1.54) is 36.4 Å². The summed E-state index contributed by atoms with van der Waals surface area (Å²) in [6.45, 7) is 6.69. The van der Waals surface area contributed by atoms with Crippen LogP contribution in [0.5, 0.6) is 0 Å². The minimum Gasteiger partial charge on any atom is -0.311 e. The van der Waals surface area contributed by atoms with E-state index in [1.807, 2.05) is 6.07 Å². The summed E-state index contributed by atoms with van der Waals surface area (Å²) in [5, 5.41) is 18.3. The number of nitriles is 1. The Morgan fingerprint density at radius 3 is 2.59 bits per heavy atom. The van der Waals surface area contributed by atoms with Gasteiger partial charge in [-0.3, -0.25) is 0 Å². The van der Waals surface area contributed by atoms with E-state index in [0.29, 0.717) is 6.04 Å². The predicted molar refractivity (Wildman–Crippen MR) is 86.0 cm³/mol. The van der Waals surface area contributed by atoms with Gasteiger partial charge in [-0.25, -0.2) is 0 Å². The molecule has 2 aromatic heterocycles. The van der Waals surface area contributed by atoms with E-state index < -0.39 is 0 Å². The van der Waals surface area contributed by atoms with Crippen LogP contribution in [0.15, 0.2) is 12.1 Å². The summed E-state index contributed by atoms with van der Waals surface area (Å²) < 4.78 is 2.42. The molecule has 2 aliphatic carbocycles. The van der Waals surface area contributed by atoms with Crippen LogP contribution in [0.1, 0.15) is 73.9 Å². The minimum absolute atomic E-state index is 0.209. The lowest BCUT2D eigenvalue weighted by atomic mass is 9.90. The first-order chi connectivity index (χ1) is 10.5. The summed E-state index contributed by atoms with van der Waals surface area (Å²) >= 11 is 1.57. The molecule has 4 nitrogen and oxygen atoms in total. The molecule has 114 valence electrons. The van der Waals surface area contributed by atoms with E-state index in [0.717, 1.165) is 10.7 Å². The van der Waals surface area contributed by atoms with Gasteiger partial charge in [0.15, 0.2) is 0 Å². The highest BCUT2D eigenvalue weighted by Gasteiger charge is 2.48. The van der Waals surface area contributed by atoms with Crippen molar-refractivity contribution >= 4 is 11.3 Å². The van der Waals surface area contributed by atoms with E-state index >= 15 is 0 Å². The summed E-state index contributed by atoms with van der Waals surface area (Å²) in [4.78, 5) is 1.95. The van der Waals surface area contributed by atoms with Crippen molar-refractivity contribution in [2.45, 2.75) is 63.3 Å². The summed E-state index contributed by atoms with van der Waals surface area (Å²) in [6, 6.07) is 6.78. The highest BCUT2D eigenvalue weighted by molar-refractivity contribution is 7.12. The van der Waals surface area contributed by atoms with Crippen LogP contribution in [0, 0.1) is 11.3 Å². The third-order valence-corrected chi connectivity index (χ3v) is 6.35. The van der Waals surface area contributed by atoms with Crippen molar-refractivity contribution in [2.75, 3.05) is 0 Å². The van der Waals surface area contributed by atoms with Gasteiger partial charge in [0.05, 0.1) is 5.41 Å². The molecule has 0 unspecified atom stereocenters. The topological polar surface area (TPSA) is 54.5 Å². The molecule has 0 saturated heterocycles. The largest absolute Gasteiger partial charge is 0.311 e. The Kier molecular flexibility index (Phi) is 2.80. The van der Waals surface area contributed by atoms with Gasteiger partial charge in [-0.05, 0) is 51.7 Å². The van der Waals surface area contributed by atoms with E-state index in [2.05, 4.69) is 47.7 Å². The molecular weight excluding hydrogens is 292 g/mol.